The van der Waals surface area contributed by atoms with Crippen LogP contribution in [0.5, 0.6) is 0 Å². The molecule has 1 fully saturated rings. The third kappa shape index (κ3) is 4.51. The Labute approximate surface area is 152 Å². The molecule has 0 radical (unpaired) electrons. The highest BCUT2D eigenvalue weighted by Gasteiger charge is 2.27. The standard InChI is InChI=1S/C18H23ClN4O2/c1-18(2,3)25-17(24)20-10-12-8-9-23(11-12)16-15(19)21-13-6-4-5-7-14(13)22-16/h4-7,12H,8-11H2,1-3H3,(H,20,24)/t12-/m1/s1. The minimum Gasteiger partial charge on any atom is -0.444 e. The molecule has 1 amide bonds. The third-order valence-corrected chi connectivity index (χ3v) is 4.28. The van der Waals surface area contributed by atoms with Gasteiger partial charge in [-0.25, -0.2) is 14.8 Å². The number of nitrogens with zero attached hydrogens (tertiary/aromatic N) is 3. The number of para-hydroxylation sites is 2. The second kappa shape index (κ2) is 7.04. The zero-order valence-electron chi connectivity index (χ0n) is 14.8. The summed E-state index contributed by atoms with van der Waals surface area (Å²) in [6, 6.07) is 7.68. The molecule has 2 heterocycles. The van der Waals surface area contributed by atoms with Crippen LogP contribution in [0.25, 0.3) is 11.0 Å². The summed E-state index contributed by atoms with van der Waals surface area (Å²) in [5, 5.41) is 3.26. The van der Waals surface area contributed by atoms with Crippen LogP contribution in [0.4, 0.5) is 10.6 Å². The fraction of sp³-hybridized carbons (Fsp3) is 0.500. The van der Waals surface area contributed by atoms with Crippen LogP contribution >= 0.6 is 11.6 Å². The van der Waals surface area contributed by atoms with Crippen LogP contribution in [-0.4, -0.2) is 41.3 Å². The van der Waals surface area contributed by atoms with E-state index in [9.17, 15) is 4.79 Å². The number of anilines is 1. The van der Waals surface area contributed by atoms with Crippen molar-refractivity contribution in [2.45, 2.75) is 32.8 Å². The average Bonchev–Trinajstić information content (AvgIpc) is 2.99. The Hall–Kier alpha value is -2.08. The number of hydrogen-bond donors (Lipinski definition) is 1. The topological polar surface area (TPSA) is 67.3 Å². The molecule has 1 N–H and O–H groups in total. The molecule has 1 saturated heterocycles. The molecule has 134 valence electrons. The van der Waals surface area contributed by atoms with Crippen molar-refractivity contribution in [2.75, 3.05) is 24.5 Å². The van der Waals surface area contributed by atoms with Gasteiger partial charge in [0.25, 0.3) is 0 Å². The number of nitrogens with one attached hydrogen (secondary N) is 1. The minimum atomic E-state index is -0.486. The van der Waals surface area contributed by atoms with E-state index in [0.717, 1.165) is 30.5 Å². The highest BCUT2D eigenvalue weighted by molar-refractivity contribution is 6.32. The maximum atomic E-state index is 11.8. The summed E-state index contributed by atoms with van der Waals surface area (Å²) in [5.74, 6) is 1.04. The first kappa shape index (κ1) is 17.7. The fourth-order valence-corrected chi connectivity index (χ4v) is 3.16. The molecule has 1 atom stereocenters. The fourth-order valence-electron chi connectivity index (χ4n) is 2.90. The molecule has 25 heavy (non-hydrogen) atoms. The number of halogens is 1. The van der Waals surface area contributed by atoms with Gasteiger partial charge in [-0.1, -0.05) is 23.7 Å². The Morgan fingerprint density at radius 1 is 1.32 bits per heavy atom. The molecule has 0 saturated carbocycles. The van der Waals surface area contributed by atoms with E-state index in [4.69, 9.17) is 16.3 Å². The Bertz CT molecular complexity index is 775. The second-order valence-electron chi connectivity index (χ2n) is 7.31. The molecular weight excluding hydrogens is 340 g/mol. The van der Waals surface area contributed by atoms with Crippen molar-refractivity contribution >= 4 is 34.5 Å². The Morgan fingerprint density at radius 3 is 2.68 bits per heavy atom. The van der Waals surface area contributed by atoms with E-state index in [2.05, 4.69) is 20.2 Å². The smallest absolute Gasteiger partial charge is 0.407 e. The second-order valence-corrected chi connectivity index (χ2v) is 7.67. The number of alkyl carbamates (subject to hydrolysis) is 1. The van der Waals surface area contributed by atoms with E-state index < -0.39 is 5.60 Å². The lowest BCUT2D eigenvalue weighted by molar-refractivity contribution is 0.0520. The first-order chi connectivity index (χ1) is 11.8. The van der Waals surface area contributed by atoms with Crippen molar-refractivity contribution in [2.24, 2.45) is 5.92 Å². The predicted octanol–water partition coefficient (Wildman–Crippen LogP) is 3.63. The summed E-state index contributed by atoms with van der Waals surface area (Å²) in [6.45, 7) is 7.75. The SMILES string of the molecule is CC(C)(C)OC(=O)NC[C@H]1CCN(c2nc3ccccc3nc2Cl)C1. The molecule has 1 aromatic heterocycles. The van der Waals surface area contributed by atoms with Gasteiger partial charge in [-0.3, -0.25) is 0 Å². The summed E-state index contributed by atoms with van der Waals surface area (Å²) in [7, 11) is 0. The van der Waals surface area contributed by atoms with Crippen LogP contribution < -0.4 is 10.2 Å². The quantitative estimate of drug-likeness (QED) is 0.902. The van der Waals surface area contributed by atoms with Gasteiger partial charge in [0.2, 0.25) is 0 Å². The molecule has 0 bridgehead atoms. The van der Waals surface area contributed by atoms with Gasteiger partial charge >= 0.3 is 6.09 Å². The number of aromatic nitrogens is 2. The van der Waals surface area contributed by atoms with Crippen LogP contribution in [0.3, 0.4) is 0 Å². The van der Waals surface area contributed by atoms with Crippen molar-refractivity contribution in [3.05, 3.63) is 29.4 Å². The van der Waals surface area contributed by atoms with Gasteiger partial charge in [0.1, 0.15) is 5.60 Å². The lowest BCUT2D eigenvalue weighted by Gasteiger charge is -2.21. The maximum Gasteiger partial charge on any atom is 0.407 e. The first-order valence-corrected chi connectivity index (χ1v) is 8.84. The highest BCUT2D eigenvalue weighted by atomic mass is 35.5. The lowest BCUT2D eigenvalue weighted by atomic mass is 10.1. The molecule has 1 aromatic carbocycles. The summed E-state index contributed by atoms with van der Waals surface area (Å²) in [5.41, 5.74) is 1.14. The lowest BCUT2D eigenvalue weighted by Crippen LogP contribution is -2.36. The van der Waals surface area contributed by atoms with Gasteiger partial charge in [0.15, 0.2) is 11.0 Å². The maximum absolute atomic E-state index is 11.8. The van der Waals surface area contributed by atoms with E-state index >= 15 is 0 Å². The molecule has 3 rings (SSSR count). The molecular formula is C18H23ClN4O2. The van der Waals surface area contributed by atoms with Gasteiger partial charge in [-0.15, -0.1) is 0 Å². The zero-order chi connectivity index (χ0) is 18.0. The summed E-state index contributed by atoms with van der Waals surface area (Å²) in [6.07, 6.45) is 0.579. The van der Waals surface area contributed by atoms with Crippen molar-refractivity contribution in [3.8, 4) is 0 Å². The molecule has 1 aliphatic rings. The van der Waals surface area contributed by atoms with Gasteiger partial charge in [0.05, 0.1) is 11.0 Å². The van der Waals surface area contributed by atoms with Crippen LogP contribution in [0.1, 0.15) is 27.2 Å². The average molecular weight is 363 g/mol. The van der Waals surface area contributed by atoms with Gasteiger partial charge in [-0.05, 0) is 45.2 Å². The first-order valence-electron chi connectivity index (χ1n) is 8.46. The number of amides is 1. The van der Waals surface area contributed by atoms with Crippen molar-refractivity contribution < 1.29 is 9.53 Å². The minimum absolute atomic E-state index is 0.330. The molecule has 1 aliphatic heterocycles. The molecule has 0 unspecified atom stereocenters. The monoisotopic (exact) mass is 362 g/mol. The number of rotatable bonds is 3. The number of carbonyl (C=O) groups is 1. The van der Waals surface area contributed by atoms with Crippen LogP contribution in [0.15, 0.2) is 24.3 Å². The van der Waals surface area contributed by atoms with Crippen molar-refractivity contribution in [3.63, 3.8) is 0 Å². The number of fused-ring (bicyclic) bond motifs is 1. The van der Waals surface area contributed by atoms with Gasteiger partial charge in [-0.2, -0.15) is 0 Å². The largest absolute Gasteiger partial charge is 0.444 e. The van der Waals surface area contributed by atoms with Crippen molar-refractivity contribution in [1.82, 2.24) is 15.3 Å². The van der Waals surface area contributed by atoms with Gasteiger partial charge < -0.3 is 15.0 Å². The summed E-state index contributed by atoms with van der Waals surface area (Å²) >= 11 is 6.33. The Morgan fingerprint density at radius 2 is 2.00 bits per heavy atom. The zero-order valence-corrected chi connectivity index (χ0v) is 15.5. The van der Waals surface area contributed by atoms with E-state index in [1.54, 1.807) is 0 Å². The van der Waals surface area contributed by atoms with Crippen LogP contribution in [0, 0.1) is 5.92 Å². The third-order valence-electron chi connectivity index (χ3n) is 4.03. The molecule has 7 heteroatoms. The molecule has 6 nitrogen and oxygen atoms in total. The van der Waals surface area contributed by atoms with E-state index in [1.165, 1.54) is 0 Å². The molecule has 0 spiro atoms. The molecule has 2 aromatic rings. The van der Waals surface area contributed by atoms with E-state index in [-0.39, 0.29) is 6.09 Å². The van der Waals surface area contributed by atoms with E-state index in [0.29, 0.717) is 23.4 Å². The van der Waals surface area contributed by atoms with Crippen LogP contribution in [-0.2, 0) is 4.74 Å². The van der Waals surface area contributed by atoms with E-state index in [1.807, 2.05) is 45.0 Å². The number of carbonyl (C=O) groups excluding carboxylic acids is 1. The summed E-state index contributed by atoms with van der Waals surface area (Å²) in [4.78, 5) is 23.0. The molecule has 0 aliphatic carbocycles. The predicted molar refractivity (Wildman–Crippen MR) is 99.1 cm³/mol. The summed E-state index contributed by atoms with van der Waals surface area (Å²) < 4.78 is 5.27. The normalized spacial score (nSPS) is 17.8. The number of hydrogen-bond acceptors (Lipinski definition) is 5. The Kier molecular flexibility index (Phi) is 4.99. The van der Waals surface area contributed by atoms with Crippen LogP contribution in [0.2, 0.25) is 5.15 Å². The Balaban J connectivity index is 1.61. The van der Waals surface area contributed by atoms with Crippen molar-refractivity contribution in [1.29, 1.82) is 0 Å². The van der Waals surface area contributed by atoms with Gasteiger partial charge in [0, 0.05) is 19.6 Å². The number of ether oxygens (including phenoxy) is 1. The number of benzene rings is 1. The highest BCUT2D eigenvalue weighted by Crippen LogP contribution is 2.29.